The Kier molecular flexibility index (Phi) is 6.29. The van der Waals surface area contributed by atoms with Gasteiger partial charge >= 0.3 is 6.11 Å². The summed E-state index contributed by atoms with van der Waals surface area (Å²) < 4.78 is 33.2. The molecule has 0 saturated heterocycles. The quantitative estimate of drug-likeness (QED) is 0.433. The summed E-state index contributed by atoms with van der Waals surface area (Å²) in [4.78, 5) is 4.15. The Bertz CT molecular complexity index is 1040. The molecule has 0 aromatic heterocycles. The third-order valence-corrected chi connectivity index (χ3v) is 8.56. The molecule has 2 saturated carbocycles. The highest BCUT2D eigenvalue weighted by Crippen LogP contribution is 2.48. The molecule has 1 heterocycles. The third-order valence-electron chi connectivity index (χ3n) is 8.56. The lowest BCUT2D eigenvalue weighted by molar-refractivity contribution is -0.208. The van der Waals surface area contributed by atoms with Gasteiger partial charge in [-0.25, -0.2) is 4.99 Å². The number of halogens is 2. The molecule has 0 spiro atoms. The van der Waals surface area contributed by atoms with Crippen LogP contribution in [0.3, 0.4) is 0 Å². The number of hydrogen-bond acceptors (Lipinski definition) is 2. The van der Waals surface area contributed by atoms with Gasteiger partial charge in [-0.05, 0) is 98.4 Å². The number of rotatable bonds is 5. The van der Waals surface area contributed by atoms with Gasteiger partial charge in [-0.2, -0.15) is 8.78 Å². The Balaban J connectivity index is 1.27. The number of aliphatic imine (C=N–C) groups is 1. The first-order chi connectivity index (χ1) is 16.3. The second-order valence-electron chi connectivity index (χ2n) is 11.3. The van der Waals surface area contributed by atoms with E-state index in [9.17, 15) is 8.78 Å². The Hall–Kier alpha value is -2.23. The molecule has 2 fully saturated rings. The zero-order valence-electron chi connectivity index (χ0n) is 20.7. The lowest BCUT2D eigenvalue weighted by Crippen LogP contribution is -2.38. The smallest absolute Gasteiger partial charge is 0.413 e. The minimum atomic E-state index is -3.30. The van der Waals surface area contributed by atoms with E-state index in [2.05, 4.69) is 36.2 Å². The fraction of sp³-hybridized carbons (Fsp3) is 0.567. The molecule has 3 aliphatic rings. The average molecular weight is 466 g/mol. The Morgan fingerprint density at radius 1 is 0.882 bits per heavy atom. The summed E-state index contributed by atoms with van der Waals surface area (Å²) in [6.07, 6.45) is 7.75. The minimum absolute atomic E-state index is 0.0129. The van der Waals surface area contributed by atoms with Crippen molar-refractivity contribution in [2.75, 3.05) is 0 Å². The molecule has 1 aliphatic heterocycles. The molecule has 2 nitrogen and oxygen atoms in total. The van der Waals surface area contributed by atoms with E-state index in [4.69, 9.17) is 4.74 Å². The molecular formula is C30H37F2NO. The van der Waals surface area contributed by atoms with Gasteiger partial charge in [0.15, 0.2) is 5.54 Å². The van der Waals surface area contributed by atoms with Crippen LogP contribution in [0.25, 0.3) is 11.1 Å². The molecule has 2 aliphatic carbocycles. The van der Waals surface area contributed by atoms with Gasteiger partial charge < -0.3 is 4.74 Å². The lowest BCUT2D eigenvalue weighted by atomic mass is 9.63. The van der Waals surface area contributed by atoms with Crippen molar-refractivity contribution in [2.45, 2.75) is 89.7 Å². The molecule has 0 amide bonds. The summed E-state index contributed by atoms with van der Waals surface area (Å²) in [6, 6.07) is 16.5. The van der Waals surface area contributed by atoms with Crippen molar-refractivity contribution in [2.24, 2.45) is 22.7 Å². The van der Waals surface area contributed by atoms with Gasteiger partial charge in [0.05, 0.1) is 0 Å². The van der Waals surface area contributed by atoms with Gasteiger partial charge in [0.25, 0.3) is 0 Å². The van der Waals surface area contributed by atoms with Crippen LogP contribution in [0.15, 0.2) is 53.5 Å². The zero-order valence-corrected chi connectivity index (χ0v) is 20.7. The van der Waals surface area contributed by atoms with Crippen LogP contribution in [-0.2, 0) is 4.74 Å². The number of benzene rings is 2. The number of hydrogen-bond donors (Lipinski definition) is 0. The molecule has 2 aromatic carbocycles. The van der Waals surface area contributed by atoms with Crippen molar-refractivity contribution < 1.29 is 13.5 Å². The van der Waals surface area contributed by atoms with Crippen LogP contribution in [0.5, 0.6) is 0 Å². The first kappa shape index (κ1) is 23.5. The van der Waals surface area contributed by atoms with E-state index in [-0.39, 0.29) is 5.90 Å². The highest BCUT2D eigenvalue weighted by Gasteiger charge is 2.55. The molecule has 2 aromatic rings. The number of ether oxygens (including phenoxy) is 1. The molecule has 0 N–H and O–H groups in total. The van der Waals surface area contributed by atoms with Crippen molar-refractivity contribution in [3.8, 4) is 11.1 Å². The number of alkyl halides is 2. The van der Waals surface area contributed by atoms with Crippen molar-refractivity contribution in [3.05, 3.63) is 59.7 Å². The van der Waals surface area contributed by atoms with Crippen LogP contribution < -0.4 is 0 Å². The second-order valence-corrected chi connectivity index (χ2v) is 11.3. The molecule has 182 valence electrons. The first-order valence-corrected chi connectivity index (χ1v) is 13.1. The van der Waals surface area contributed by atoms with Crippen molar-refractivity contribution >= 4 is 5.90 Å². The van der Waals surface area contributed by atoms with Crippen LogP contribution in [0.4, 0.5) is 8.78 Å². The van der Waals surface area contributed by atoms with E-state index in [1.165, 1.54) is 70.8 Å². The van der Waals surface area contributed by atoms with Crippen molar-refractivity contribution in [1.82, 2.24) is 0 Å². The molecule has 4 unspecified atom stereocenters. The lowest BCUT2D eigenvalue weighted by Gasteiger charge is -2.42. The maximum absolute atomic E-state index is 14.1. The first-order valence-electron chi connectivity index (χ1n) is 13.1. The topological polar surface area (TPSA) is 21.6 Å². The maximum atomic E-state index is 14.1. The molecule has 34 heavy (non-hydrogen) atoms. The number of fused-ring (bicyclic) bond motifs is 1. The molecule has 5 rings (SSSR count). The van der Waals surface area contributed by atoms with Crippen LogP contribution in [0.2, 0.25) is 0 Å². The van der Waals surface area contributed by atoms with Gasteiger partial charge in [0.1, 0.15) is 0 Å². The summed E-state index contributed by atoms with van der Waals surface area (Å²) in [6.45, 7) is 5.11. The van der Waals surface area contributed by atoms with E-state index < -0.39 is 11.6 Å². The third kappa shape index (κ3) is 4.53. The fourth-order valence-corrected chi connectivity index (χ4v) is 6.45. The Morgan fingerprint density at radius 3 is 2.29 bits per heavy atom. The van der Waals surface area contributed by atoms with Gasteiger partial charge in [0.2, 0.25) is 5.90 Å². The molecular weight excluding hydrogens is 428 g/mol. The van der Waals surface area contributed by atoms with E-state index in [1.807, 2.05) is 18.2 Å². The van der Waals surface area contributed by atoms with Crippen LogP contribution in [-0.4, -0.2) is 17.5 Å². The largest absolute Gasteiger partial charge is 0.424 e. The SMILES string of the molecule is CCCC1CCC2CC(c3ccc(-c4cccc(C5=NC(C)(C)C(F)(F)O5)c4)cc3)CCC2C1. The van der Waals surface area contributed by atoms with E-state index in [0.717, 1.165) is 28.9 Å². The average Bonchev–Trinajstić information content (AvgIpc) is 3.06. The standard InChI is InChI=1S/C30H37F2NO/c1-4-6-20-9-10-26-18-25(16-15-24(26)17-20)22-13-11-21(12-14-22)23-7-5-8-27(19-23)28-33-29(2,3)30(31,32)34-28/h5,7-8,11-14,19-20,24-26H,4,6,9-10,15-18H2,1-3H3. The highest BCUT2D eigenvalue weighted by molar-refractivity contribution is 5.97. The summed E-state index contributed by atoms with van der Waals surface area (Å²) >= 11 is 0. The normalized spacial score (nSPS) is 29.7. The van der Waals surface area contributed by atoms with E-state index in [0.29, 0.717) is 11.5 Å². The van der Waals surface area contributed by atoms with E-state index >= 15 is 0 Å². The molecule has 0 radical (unpaired) electrons. The fourth-order valence-electron chi connectivity index (χ4n) is 6.45. The summed E-state index contributed by atoms with van der Waals surface area (Å²) in [5, 5.41) is 0. The predicted octanol–water partition coefficient (Wildman–Crippen LogP) is 8.60. The monoisotopic (exact) mass is 465 g/mol. The van der Waals surface area contributed by atoms with Crippen LogP contribution in [0.1, 0.15) is 89.2 Å². The van der Waals surface area contributed by atoms with Crippen LogP contribution >= 0.6 is 0 Å². The molecule has 0 bridgehead atoms. The second kappa shape index (κ2) is 9.09. The Morgan fingerprint density at radius 2 is 1.59 bits per heavy atom. The van der Waals surface area contributed by atoms with Gasteiger partial charge in [-0.1, -0.05) is 62.6 Å². The summed E-state index contributed by atoms with van der Waals surface area (Å²) in [5.74, 6) is 3.49. The van der Waals surface area contributed by atoms with Gasteiger partial charge in [0, 0.05) is 5.56 Å². The summed E-state index contributed by atoms with van der Waals surface area (Å²) in [7, 11) is 0. The minimum Gasteiger partial charge on any atom is -0.413 e. The highest BCUT2D eigenvalue weighted by atomic mass is 19.3. The van der Waals surface area contributed by atoms with E-state index in [1.54, 1.807) is 6.07 Å². The van der Waals surface area contributed by atoms with Gasteiger partial charge in [-0.15, -0.1) is 0 Å². The molecule has 4 heteroatoms. The molecule has 4 atom stereocenters. The van der Waals surface area contributed by atoms with Crippen molar-refractivity contribution in [3.63, 3.8) is 0 Å². The summed E-state index contributed by atoms with van der Waals surface area (Å²) in [5.41, 5.74) is 2.54. The predicted molar refractivity (Wildman–Crippen MR) is 134 cm³/mol. The van der Waals surface area contributed by atoms with Crippen LogP contribution in [0, 0.1) is 17.8 Å². The number of nitrogens with zero attached hydrogens (tertiary/aromatic N) is 1. The van der Waals surface area contributed by atoms with Gasteiger partial charge in [-0.3, -0.25) is 0 Å². The zero-order chi connectivity index (χ0) is 23.9. The Labute approximate surface area is 202 Å². The maximum Gasteiger partial charge on any atom is 0.424 e. The van der Waals surface area contributed by atoms with Crippen molar-refractivity contribution in [1.29, 1.82) is 0 Å².